The van der Waals surface area contributed by atoms with Crippen molar-refractivity contribution < 1.29 is 9.47 Å². The number of anilines is 1. The topological polar surface area (TPSA) is 30.5 Å². The Morgan fingerprint density at radius 1 is 1.05 bits per heavy atom. The Kier molecular flexibility index (Phi) is 3.96. The number of halogens is 3. The van der Waals surface area contributed by atoms with Crippen molar-refractivity contribution in [1.82, 2.24) is 0 Å². The Balaban J connectivity index is 1.75. The second-order valence-corrected chi connectivity index (χ2v) is 5.87. The molecule has 0 unspecified atom stereocenters. The molecule has 1 aliphatic rings. The molecule has 2 aromatic carbocycles. The summed E-state index contributed by atoms with van der Waals surface area (Å²) in [6, 6.07) is 9.57. The monoisotopic (exact) mass is 373 g/mol. The zero-order valence-electron chi connectivity index (χ0n) is 10.3. The molecular weight excluding hydrogens is 365 g/mol. The molecule has 1 heterocycles. The van der Waals surface area contributed by atoms with Gasteiger partial charge >= 0.3 is 0 Å². The van der Waals surface area contributed by atoms with Gasteiger partial charge in [-0.2, -0.15) is 0 Å². The number of hydrogen-bond acceptors (Lipinski definition) is 3. The van der Waals surface area contributed by atoms with Crippen LogP contribution in [0.5, 0.6) is 11.5 Å². The molecule has 0 fully saturated rings. The number of benzene rings is 2. The fourth-order valence-corrected chi connectivity index (χ4v) is 2.75. The highest BCUT2D eigenvalue weighted by atomic mass is 79.9. The Morgan fingerprint density at radius 3 is 2.70 bits per heavy atom. The first-order valence-corrected chi connectivity index (χ1v) is 7.46. The average molecular weight is 375 g/mol. The molecular formula is C14H10BrCl2NO2. The van der Waals surface area contributed by atoms with Crippen molar-refractivity contribution in [3.8, 4) is 11.5 Å². The second kappa shape index (κ2) is 5.72. The summed E-state index contributed by atoms with van der Waals surface area (Å²) in [6.45, 7) is 0.898. The van der Waals surface area contributed by atoms with E-state index >= 15 is 0 Å². The fraction of sp³-hybridized carbons (Fsp3) is 0.143. The van der Waals surface area contributed by atoms with Crippen molar-refractivity contribution in [1.29, 1.82) is 0 Å². The third-order valence-electron chi connectivity index (χ3n) is 2.96. The Hall–Kier alpha value is -1.10. The summed E-state index contributed by atoms with van der Waals surface area (Å²) in [5, 5.41) is 4.26. The van der Waals surface area contributed by atoms with Crippen LogP contribution >= 0.6 is 39.1 Å². The van der Waals surface area contributed by atoms with Gasteiger partial charge in [0.15, 0.2) is 11.5 Å². The average Bonchev–Trinajstić information content (AvgIpc) is 2.91. The smallest absolute Gasteiger partial charge is 0.231 e. The van der Waals surface area contributed by atoms with Gasteiger partial charge in [0, 0.05) is 11.0 Å². The maximum atomic E-state index is 6.19. The molecule has 1 N–H and O–H groups in total. The van der Waals surface area contributed by atoms with Crippen LogP contribution in [0.4, 0.5) is 5.69 Å². The maximum absolute atomic E-state index is 6.19. The van der Waals surface area contributed by atoms with E-state index in [4.69, 9.17) is 32.7 Å². The number of hydrogen-bond donors (Lipinski definition) is 1. The highest BCUT2D eigenvalue weighted by Crippen LogP contribution is 2.36. The van der Waals surface area contributed by atoms with Crippen molar-refractivity contribution in [2.45, 2.75) is 6.54 Å². The van der Waals surface area contributed by atoms with Crippen LogP contribution in [0.25, 0.3) is 0 Å². The van der Waals surface area contributed by atoms with Crippen LogP contribution in [-0.2, 0) is 6.54 Å². The van der Waals surface area contributed by atoms with E-state index in [2.05, 4.69) is 21.2 Å². The van der Waals surface area contributed by atoms with Crippen LogP contribution < -0.4 is 14.8 Å². The molecule has 20 heavy (non-hydrogen) atoms. The van der Waals surface area contributed by atoms with E-state index in [1.807, 2.05) is 30.3 Å². The lowest BCUT2D eigenvalue weighted by molar-refractivity contribution is 0.174. The number of rotatable bonds is 3. The highest BCUT2D eigenvalue weighted by molar-refractivity contribution is 9.10. The summed E-state index contributed by atoms with van der Waals surface area (Å²) in [5.41, 5.74) is 1.86. The Labute approximate surface area is 134 Å². The first-order chi connectivity index (χ1) is 9.65. The quantitative estimate of drug-likeness (QED) is 0.758. The molecule has 3 rings (SSSR count). The molecule has 104 valence electrons. The van der Waals surface area contributed by atoms with Crippen LogP contribution in [-0.4, -0.2) is 6.79 Å². The summed E-state index contributed by atoms with van der Waals surface area (Å²) < 4.78 is 11.4. The second-order valence-electron chi connectivity index (χ2n) is 4.26. The molecule has 3 nitrogen and oxygen atoms in total. The normalized spacial score (nSPS) is 12.6. The SMILES string of the molecule is Clc1c(Br)ccc(NCc2ccc3c(c2)OCO3)c1Cl. The van der Waals surface area contributed by atoms with Crippen molar-refractivity contribution in [3.63, 3.8) is 0 Å². The molecule has 0 radical (unpaired) electrons. The lowest BCUT2D eigenvalue weighted by Crippen LogP contribution is -2.00. The summed E-state index contributed by atoms with van der Waals surface area (Å²) in [7, 11) is 0. The highest BCUT2D eigenvalue weighted by Gasteiger charge is 2.13. The standard InChI is InChI=1S/C14H10BrCl2NO2/c15-9-2-3-10(14(17)13(9)16)18-6-8-1-4-11-12(5-8)20-7-19-11/h1-5,18H,6-7H2. The zero-order chi connectivity index (χ0) is 14.1. The molecule has 0 amide bonds. The molecule has 0 spiro atoms. The molecule has 0 aromatic heterocycles. The molecule has 0 bridgehead atoms. The summed E-state index contributed by atoms with van der Waals surface area (Å²) in [4.78, 5) is 0. The summed E-state index contributed by atoms with van der Waals surface area (Å²) >= 11 is 15.6. The lowest BCUT2D eigenvalue weighted by atomic mass is 10.2. The minimum absolute atomic E-state index is 0.278. The van der Waals surface area contributed by atoms with E-state index in [1.54, 1.807) is 0 Å². The minimum Gasteiger partial charge on any atom is -0.454 e. The third kappa shape index (κ3) is 2.68. The van der Waals surface area contributed by atoms with Gasteiger partial charge in [0.1, 0.15) is 0 Å². The van der Waals surface area contributed by atoms with Gasteiger partial charge in [-0.15, -0.1) is 0 Å². The van der Waals surface area contributed by atoms with Gasteiger partial charge in [-0.25, -0.2) is 0 Å². The van der Waals surface area contributed by atoms with Gasteiger partial charge in [0.05, 0.1) is 15.7 Å². The van der Waals surface area contributed by atoms with Crippen molar-refractivity contribution in [2.75, 3.05) is 12.1 Å². The summed E-state index contributed by atoms with van der Waals surface area (Å²) in [6.07, 6.45) is 0. The van der Waals surface area contributed by atoms with Crippen molar-refractivity contribution in [3.05, 3.63) is 50.4 Å². The van der Waals surface area contributed by atoms with E-state index < -0.39 is 0 Å². The van der Waals surface area contributed by atoms with E-state index in [0.717, 1.165) is 27.2 Å². The molecule has 1 aliphatic heterocycles. The molecule has 2 aromatic rings. The van der Waals surface area contributed by atoms with Crippen LogP contribution in [0.3, 0.4) is 0 Å². The Bertz CT molecular complexity index is 664. The molecule has 0 saturated heterocycles. The molecule has 0 aliphatic carbocycles. The molecule has 0 atom stereocenters. The third-order valence-corrected chi connectivity index (χ3v) is 4.73. The number of fused-ring (bicyclic) bond motifs is 1. The number of nitrogens with one attached hydrogen (secondary N) is 1. The van der Waals surface area contributed by atoms with Crippen LogP contribution in [0.15, 0.2) is 34.8 Å². The predicted molar refractivity (Wildman–Crippen MR) is 84.1 cm³/mol. The van der Waals surface area contributed by atoms with Crippen LogP contribution in [0, 0.1) is 0 Å². The first kappa shape index (κ1) is 13.9. The Morgan fingerprint density at radius 2 is 1.85 bits per heavy atom. The maximum Gasteiger partial charge on any atom is 0.231 e. The van der Waals surface area contributed by atoms with Gasteiger partial charge in [-0.3, -0.25) is 0 Å². The zero-order valence-corrected chi connectivity index (χ0v) is 13.3. The summed E-state index contributed by atoms with van der Waals surface area (Å²) in [5.74, 6) is 1.54. The van der Waals surface area contributed by atoms with Crippen LogP contribution in [0.1, 0.15) is 5.56 Å². The largest absolute Gasteiger partial charge is 0.454 e. The molecule has 0 saturated carbocycles. The van der Waals surface area contributed by atoms with E-state index in [-0.39, 0.29) is 6.79 Å². The molecule has 6 heteroatoms. The van der Waals surface area contributed by atoms with Gasteiger partial charge in [-0.1, -0.05) is 29.3 Å². The lowest BCUT2D eigenvalue weighted by Gasteiger charge is -2.11. The van der Waals surface area contributed by atoms with Gasteiger partial charge in [0.2, 0.25) is 6.79 Å². The minimum atomic E-state index is 0.278. The van der Waals surface area contributed by atoms with E-state index in [1.165, 1.54) is 0 Å². The first-order valence-electron chi connectivity index (χ1n) is 5.91. The van der Waals surface area contributed by atoms with Gasteiger partial charge in [0.25, 0.3) is 0 Å². The van der Waals surface area contributed by atoms with Gasteiger partial charge < -0.3 is 14.8 Å². The number of ether oxygens (including phenoxy) is 2. The van der Waals surface area contributed by atoms with E-state index in [0.29, 0.717) is 16.6 Å². The van der Waals surface area contributed by atoms with Crippen molar-refractivity contribution in [2.24, 2.45) is 0 Å². The van der Waals surface area contributed by atoms with Crippen molar-refractivity contribution >= 4 is 44.8 Å². The van der Waals surface area contributed by atoms with E-state index in [9.17, 15) is 0 Å². The predicted octanol–water partition coefficient (Wildman–Crippen LogP) is 5.10. The van der Waals surface area contributed by atoms with Crippen LogP contribution in [0.2, 0.25) is 10.0 Å². The fourth-order valence-electron chi connectivity index (χ4n) is 1.91. The van der Waals surface area contributed by atoms with Gasteiger partial charge in [-0.05, 0) is 45.8 Å².